The average Bonchev–Trinajstić information content (AvgIpc) is 2.34. The minimum atomic E-state index is -2.37. The second-order valence-electron chi connectivity index (χ2n) is 7.71. The zero-order chi connectivity index (χ0) is 17.6. The molecular weight excluding hydrogens is 296 g/mol. The van der Waals surface area contributed by atoms with Crippen molar-refractivity contribution in [1.29, 1.82) is 0 Å². The van der Waals surface area contributed by atoms with Crippen LogP contribution in [0.1, 0.15) is 60.3 Å². The van der Waals surface area contributed by atoms with E-state index in [2.05, 4.69) is 0 Å². The highest BCUT2D eigenvalue weighted by molar-refractivity contribution is 6.72. The number of carbonyl (C=O) groups is 2. The van der Waals surface area contributed by atoms with E-state index in [9.17, 15) is 14.4 Å². The van der Waals surface area contributed by atoms with E-state index < -0.39 is 14.3 Å². The fourth-order valence-corrected chi connectivity index (χ4v) is 2.90. The van der Waals surface area contributed by atoms with E-state index in [0.29, 0.717) is 13.0 Å². The summed E-state index contributed by atoms with van der Waals surface area (Å²) >= 11 is 0. The maximum atomic E-state index is 12.5. The van der Waals surface area contributed by atoms with Crippen molar-refractivity contribution in [1.82, 2.24) is 0 Å². The Bertz CT molecular complexity index is 369. The molecular formula is C17H34O4Si. The number of ether oxygens (including phenoxy) is 1. The highest BCUT2D eigenvalue weighted by Crippen LogP contribution is 2.43. The van der Waals surface area contributed by atoms with E-state index in [1.807, 2.05) is 47.7 Å². The molecule has 0 saturated heterocycles. The van der Waals surface area contributed by atoms with Gasteiger partial charge in [0.1, 0.15) is 12.2 Å². The molecule has 0 fully saturated rings. The van der Waals surface area contributed by atoms with E-state index in [4.69, 9.17) is 4.74 Å². The van der Waals surface area contributed by atoms with Gasteiger partial charge in [0, 0.05) is 5.92 Å². The van der Waals surface area contributed by atoms with Gasteiger partial charge in [-0.3, -0.25) is 9.59 Å². The Hall–Kier alpha value is -0.683. The molecule has 0 aromatic carbocycles. The first-order valence-electron chi connectivity index (χ1n) is 8.33. The van der Waals surface area contributed by atoms with Gasteiger partial charge in [-0.1, -0.05) is 41.0 Å². The molecule has 0 aliphatic carbocycles. The molecule has 22 heavy (non-hydrogen) atoms. The number of hydrogen-bond acceptors (Lipinski definition) is 4. The Morgan fingerprint density at radius 3 is 2.18 bits per heavy atom. The topological polar surface area (TPSA) is 63.6 Å². The fourth-order valence-electron chi connectivity index (χ4n) is 2.18. The Morgan fingerprint density at radius 2 is 1.77 bits per heavy atom. The zero-order valence-corrected chi connectivity index (χ0v) is 16.4. The van der Waals surface area contributed by atoms with Gasteiger partial charge in [-0.25, -0.2) is 0 Å². The van der Waals surface area contributed by atoms with Gasteiger partial charge in [0.25, 0.3) is 0 Å². The molecule has 0 amide bonds. The molecule has 0 radical (unpaired) electrons. The summed E-state index contributed by atoms with van der Waals surface area (Å²) < 4.78 is 5.08. The predicted octanol–water partition coefficient (Wildman–Crippen LogP) is 3.93. The summed E-state index contributed by atoms with van der Waals surface area (Å²) in [6.45, 7) is 14.2. The Balaban J connectivity index is 4.76. The van der Waals surface area contributed by atoms with E-state index in [0.717, 1.165) is 12.8 Å². The van der Waals surface area contributed by atoms with Crippen molar-refractivity contribution in [3.63, 3.8) is 0 Å². The zero-order valence-electron chi connectivity index (χ0n) is 15.4. The summed E-state index contributed by atoms with van der Waals surface area (Å²) in [6.07, 6.45) is 2.24. The molecule has 5 heteroatoms. The van der Waals surface area contributed by atoms with E-state index in [-0.39, 0.29) is 29.1 Å². The van der Waals surface area contributed by atoms with Gasteiger partial charge in [-0.05, 0) is 36.9 Å². The summed E-state index contributed by atoms with van der Waals surface area (Å²) in [5, 5.41) is -0.274. The molecule has 0 aliphatic heterocycles. The largest absolute Gasteiger partial charge is 0.465 e. The smallest absolute Gasteiger partial charge is 0.313 e. The number of rotatable bonds is 10. The van der Waals surface area contributed by atoms with Crippen molar-refractivity contribution < 1.29 is 19.1 Å². The van der Waals surface area contributed by atoms with Gasteiger partial charge in [0.05, 0.1) is 6.61 Å². The summed E-state index contributed by atoms with van der Waals surface area (Å²) in [7, 11) is -2.37. The number of ketones is 1. The number of esters is 1. The minimum Gasteiger partial charge on any atom is -0.465 e. The second-order valence-corrected chi connectivity index (χ2v) is 12.2. The monoisotopic (exact) mass is 330 g/mol. The van der Waals surface area contributed by atoms with Crippen LogP contribution >= 0.6 is 0 Å². The summed E-state index contributed by atoms with van der Waals surface area (Å²) in [5.74, 6) is -0.565. The maximum absolute atomic E-state index is 12.5. The Labute approximate surface area is 136 Å². The lowest BCUT2D eigenvalue weighted by atomic mass is 9.83. The number of unbranched alkanes of at least 4 members (excludes halogenated alkanes) is 1. The Morgan fingerprint density at radius 1 is 1.23 bits per heavy atom. The second kappa shape index (κ2) is 8.82. The first-order chi connectivity index (χ1) is 9.92. The predicted molar refractivity (Wildman–Crippen MR) is 92.2 cm³/mol. The molecule has 0 unspecified atom stereocenters. The average molecular weight is 331 g/mol. The van der Waals surface area contributed by atoms with Crippen LogP contribution in [-0.4, -0.2) is 31.5 Å². The standard InChI is InChI=1S/C17H34O4Si/c1-8-9-10-21-16(19)11-15(18)14(13(2)3)12-17(4,5)22(6,7)20/h13-14,20H,8-12H2,1-7H3/t14-/m1/s1. The van der Waals surface area contributed by atoms with Crippen LogP contribution in [0.15, 0.2) is 0 Å². The quantitative estimate of drug-likeness (QED) is 0.285. The van der Waals surface area contributed by atoms with Crippen LogP contribution in [0, 0.1) is 11.8 Å². The van der Waals surface area contributed by atoms with Crippen molar-refractivity contribution in [2.75, 3.05) is 6.61 Å². The lowest BCUT2D eigenvalue weighted by molar-refractivity contribution is -0.147. The molecule has 4 nitrogen and oxygen atoms in total. The highest BCUT2D eigenvalue weighted by atomic mass is 28.4. The van der Waals surface area contributed by atoms with Crippen molar-refractivity contribution in [2.45, 2.75) is 78.4 Å². The van der Waals surface area contributed by atoms with Gasteiger partial charge < -0.3 is 9.53 Å². The first-order valence-corrected chi connectivity index (χ1v) is 11.3. The molecule has 0 heterocycles. The number of carbonyl (C=O) groups excluding carboxylic acids is 2. The SMILES string of the molecule is CCCCOC(=O)CC(=O)[C@H](CC(C)(C)[Si](C)(C)O)C(C)C. The molecule has 1 atom stereocenters. The lowest BCUT2D eigenvalue weighted by Crippen LogP contribution is -2.42. The summed E-state index contributed by atoms with van der Waals surface area (Å²) in [6, 6.07) is 0. The summed E-state index contributed by atoms with van der Waals surface area (Å²) in [4.78, 5) is 34.6. The van der Waals surface area contributed by atoms with Crippen LogP contribution in [0.2, 0.25) is 18.1 Å². The normalized spacial score (nSPS) is 14.0. The molecule has 0 rings (SSSR count). The minimum absolute atomic E-state index is 0.0668. The van der Waals surface area contributed by atoms with Gasteiger partial charge in [-0.2, -0.15) is 0 Å². The molecule has 130 valence electrons. The molecule has 0 aromatic heterocycles. The van der Waals surface area contributed by atoms with Gasteiger partial charge >= 0.3 is 5.97 Å². The van der Waals surface area contributed by atoms with Crippen molar-refractivity contribution in [3.8, 4) is 0 Å². The van der Waals surface area contributed by atoms with Crippen molar-refractivity contribution in [3.05, 3.63) is 0 Å². The third-order valence-electron chi connectivity index (χ3n) is 4.68. The van der Waals surface area contributed by atoms with E-state index >= 15 is 0 Å². The third kappa shape index (κ3) is 7.05. The molecule has 0 aliphatic rings. The highest BCUT2D eigenvalue weighted by Gasteiger charge is 2.41. The van der Waals surface area contributed by atoms with Crippen LogP contribution in [0.4, 0.5) is 0 Å². The molecule has 0 spiro atoms. The third-order valence-corrected chi connectivity index (χ3v) is 8.20. The van der Waals surface area contributed by atoms with E-state index in [1.165, 1.54) is 0 Å². The molecule has 0 aromatic rings. The molecule has 1 N–H and O–H groups in total. The van der Waals surface area contributed by atoms with Gasteiger partial charge in [-0.15, -0.1) is 0 Å². The maximum Gasteiger partial charge on any atom is 0.313 e. The fraction of sp³-hybridized carbons (Fsp3) is 0.882. The van der Waals surface area contributed by atoms with Gasteiger partial charge in [0.2, 0.25) is 0 Å². The van der Waals surface area contributed by atoms with Crippen LogP contribution < -0.4 is 0 Å². The number of hydrogen-bond donors (Lipinski definition) is 1. The van der Waals surface area contributed by atoms with Crippen LogP contribution in [0.25, 0.3) is 0 Å². The Kier molecular flexibility index (Phi) is 8.55. The van der Waals surface area contributed by atoms with Crippen LogP contribution in [-0.2, 0) is 14.3 Å². The van der Waals surface area contributed by atoms with Crippen molar-refractivity contribution in [2.24, 2.45) is 11.8 Å². The van der Waals surface area contributed by atoms with Crippen LogP contribution in [0.5, 0.6) is 0 Å². The van der Waals surface area contributed by atoms with Crippen LogP contribution in [0.3, 0.4) is 0 Å². The van der Waals surface area contributed by atoms with Crippen molar-refractivity contribution >= 4 is 20.1 Å². The van der Waals surface area contributed by atoms with Gasteiger partial charge in [0.15, 0.2) is 8.32 Å². The lowest BCUT2D eigenvalue weighted by Gasteiger charge is -2.38. The number of Topliss-reactive ketones (excluding diaryl/α,β-unsaturated/α-hetero) is 1. The van der Waals surface area contributed by atoms with E-state index in [1.54, 1.807) is 0 Å². The first kappa shape index (κ1) is 21.3. The summed E-state index contributed by atoms with van der Waals surface area (Å²) in [5.41, 5.74) is 0. The molecule has 0 saturated carbocycles. The molecule has 0 bridgehead atoms.